The van der Waals surface area contributed by atoms with Crippen LogP contribution in [-0.2, 0) is 4.79 Å². The van der Waals surface area contributed by atoms with Crippen LogP contribution in [-0.4, -0.2) is 31.0 Å². The lowest BCUT2D eigenvalue weighted by atomic mass is 10.1. The van der Waals surface area contributed by atoms with Crippen LogP contribution in [0.25, 0.3) is 0 Å². The zero-order valence-corrected chi connectivity index (χ0v) is 12.2. The van der Waals surface area contributed by atoms with Crippen molar-refractivity contribution in [2.45, 2.75) is 32.4 Å². The van der Waals surface area contributed by atoms with E-state index in [9.17, 15) is 9.90 Å². The Labute approximate surface area is 118 Å². The van der Waals surface area contributed by atoms with E-state index in [1.54, 1.807) is 19.1 Å². The van der Waals surface area contributed by atoms with Crippen molar-refractivity contribution < 1.29 is 24.1 Å². The number of hydrogen-bond donors (Lipinski definition) is 2. The highest BCUT2D eigenvalue weighted by Gasteiger charge is 2.36. The number of aliphatic carboxylic acids is 1. The molecule has 0 spiro atoms. The number of hydrogen-bond acceptors (Lipinski definition) is 5. The molecule has 0 aliphatic rings. The molecular weight excluding hydrogens is 262 g/mol. The summed E-state index contributed by atoms with van der Waals surface area (Å²) in [5, 5.41) is 9.26. The van der Waals surface area contributed by atoms with Crippen molar-refractivity contribution >= 4 is 5.97 Å². The molecule has 0 saturated heterocycles. The van der Waals surface area contributed by atoms with Crippen LogP contribution >= 0.6 is 0 Å². The standard InChI is InChI=1S/C14H21NO5/c1-5-6-14(15,13(16)17)20-12-8-10(18-3)7-11(19-4)9(12)2/h7-8H,5-6,15H2,1-4H3,(H,16,17). The van der Waals surface area contributed by atoms with E-state index < -0.39 is 11.7 Å². The van der Waals surface area contributed by atoms with Crippen molar-refractivity contribution in [3.63, 3.8) is 0 Å². The second kappa shape index (κ2) is 6.47. The Morgan fingerprint density at radius 2 is 1.90 bits per heavy atom. The van der Waals surface area contributed by atoms with Gasteiger partial charge in [-0.1, -0.05) is 13.3 Å². The number of carbonyl (C=O) groups is 1. The van der Waals surface area contributed by atoms with Crippen LogP contribution in [0.5, 0.6) is 17.2 Å². The maximum atomic E-state index is 11.3. The molecule has 6 heteroatoms. The number of nitrogens with two attached hydrogens (primary N) is 1. The van der Waals surface area contributed by atoms with Crippen molar-refractivity contribution in [3.8, 4) is 17.2 Å². The topological polar surface area (TPSA) is 91.0 Å². The number of methoxy groups -OCH3 is 2. The van der Waals surface area contributed by atoms with Gasteiger partial charge >= 0.3 is 5.97 Å². The molecule has 0 aliphatic heterocycles. The second-order valence-electron chi connectivity index (χ2n) is 4.50. The minimum atomic E-state index is -1.77. The van der Waals surface area contributed by atoms with E-state index in [0.717, 1.165) is 0 Å². The highest BCUT2D eigenvalue weighted by atomic mass is 16.5. The Bertz CT molecular complexity index is 489. The van der Waals surface area contributed by atoms with Gasteiger partial charge in [0.2, 0.25) is 0 Å². The largest absolute Gasteiger partial charge is 0.496 e. The number of benzene rings is 1. The fourth-order valence-corrected chi connectivity index (χ4v) is 1.84. The Balaban J connectivity index is 3.21. The summed E-state index contributed by atoms with van der Waals surface area (Å²) in [5.41, 5.74) is 4.73. The molecule has 20 heavy (non-hydrogen) atoms. The van der Waals surface area contributed by atoms with E-state index in [0.29, 0.717) is 29.2 Å². The third kappa shape index (κ3) is 3.33. The molecule has 0 heterocycles. The maximum Gasteiger partial charge on any atom is 0.363 e. The molecule has 0 bridgehead atoms. The van der Waals surface area contributed by atoms with E-state index in [1.807, 2.05) is 6.92 Å². The van der Waals surface area contributed by atoms with Crippen LogP contribution in [0.2, 0.25) is 0 Å². The Morgan fingerprint density at radius 1 is 1.30 bits per heavy atom. The lowest BCUT2D eigenvalue weighted by molar-refractivity contribution is -0.155. The molecule has 6 nitrogen and oxygen atoms in total. The first-order valence-corrected chi connectivity index (χ1v) is 6.31. The van der Waals surface area contributed by atoms with Crippen LogP contribution < -0.4 is 19.9 Å². The van der Waals surface area contributed by atoms with Gasteiger partial charge in [-0.05, 0) is 6.92 Å². The summed E-state index contributed by atoms with van der Waals surface area (Å²) in [7, 11) is 3.03. The minimum absolute atomic E-state index is 0.196. The lowest BCUT2D eigenvalue weighted by Gasteiger charge is -2.27. The molecule has 1 atom stereocenters. The smallest absolute Gasteiger partial charge is 0.363 e. The SMILES string of the molecule is CCCC(N)(Oc1cc(OC)cc(OC)c1C)C(=O)O. The van der Waals surface area contributed by atoms with Crippen molar-refractivity contribution in [3.05, 3.63) is 17.7 Å². The molecule has 1 unspecified atom stereocenters. The van der Waals surface area contributed by atoms with Gasteiger partial charge in [0.05, 0.1) is 14.2 Å². The zero-order chi connectivity index (χ0) is 15.3. The highest BCUT2D eigenvalue weighted by Crippen LogP contribution is 2.35. The Hall–Kier alpha value is -1.95. The second-order valence-corrected chi connectivity index (χ2v) is 4.50. The van der Waals surface area contributed by atoms with Crippen LogP contribution in [0.1, 0.15) is 25.3 Å². The monoisotopic (exact) mass is 283 g/mol. The fraction of sp³-hybridized carbons (Fsp3) is 0.500. The lowest BCUT2D eigenvalue weighted by Crippen LogP contribution is -2.53. The number of ether oxygens (including phenoxy) is 3. The fourth-order valence-electron chi connectivity index (χ4n) is 1.84. The quantitative estimate of drug-likeness (QED) is 0.743. The van der Waals surface area contributed by atoms with E-state index in [4.69, 9.17) is 19.9 Å². The van der Waals surface area contributed by atoms with E-state index in [-0.39, 0.29) is 6.42 Å². The van der Waals surface area contributed by atoms with Crippen molar-refractivity contribution in [2.75, 3.05) is 14.2 Å². The molecule has 0 saturated carbocycles. The first kappa shape index (κ1) is 16.1. The molecule has 3 N–H and O–H groups in total. The molecule has 0 radical (unpaired) electrons. The maximum absolute atomic E-state index is 11.3. The number of carboxylic acid groups (broad SMARTS) is 1. The summed E-state index contributed by atoms with van der Waals surface area (Å²) in [4.78, 5) is 11.3. The summed E-state index contributed by atoms with van der Waals surface area (Å²) in [5.74, 6) is 0.176. The van der Waals surface area contributed by atoms with Gasteiger partial charge in [0.15, 0.2) is 0 Å². The molecular formula is C14H21NO5. The van der Waals surface area contributed by atoms with Gasteiger partial charge in [-0.15, -0.1) is 0 Å². The highest BCUT2D eigenvalue weighted by molar-refractivity contribution is 5.77. The predicted octanol–water partition coefficient (Wildman–Crippen LogP) is 1.93. The zero-order valence-electron chi connectivity index (χ0n) is 12.2. The van der Waals surface area contributed by atoms with Crippen molar-refractivity contribution in [2.24, 2.45) is 5.73 Å². The Morgan fingerprint density at radius 3 is 2.35 bits per heavy atom. The number of carboxylic acids is 1. The average Bonchev–Trinajstić information content (AvgIpc) is 2.41. The van der Waals surface area contributed by atoms with Gasteiger partial charge in [-0.3, -0.25) is 5.73 Å². The molecule has 0 aromatic heterocycles. The van der Waals surface area contributed by atoms with Crippen molar-refractivity contribution in [1.82, 2.24) is 0 Å². The molecule has 112 valence electrons. The normalized spacial score (nSPS) is 13.4. The van der Waals surface area contributed by atoms with Gasteiger partial charge in [0.1, 0.15) is 17.2 Å². The summed E-state index contributed by atoms with van der Waals surface area (Å²) < 4.78 is 15.9. The van der Waals surface area contributed by atoms with Gasteiger partial charge in [-0.2, -0.15) is 0 Å². The van der Waals surface area contributed by atoms with E-state index >= 15 is 0 Å². The van der Waals surface area contributed by atoms with E-state index in [2.05, 4.69) is 0 Å². The minimum Gasteiger partial charge on any atom is -0.496 e. The van der Waals surface area contributed by atoms with Crippen LogP contribution in [0, 0.1) is 6.92 Å². The summed E-state index contributed by atoms with van der Waals surface area (Å²) in [6, 6.07) is 3.29. The first-order valence-electron chi connectivity index (χ1n) is 6.31. The molecule has 1 aromatic rings. The van der Waals surface area contributed by atoms with Gasteiger partial charge in [0.25, 0.3) is 5.72 Å². The molecule has 1 rings (SSSR count). The van der Waals surface area contributed by atoms with Crippen LogP contribution in [0.3, 0.4) is 0 Å². The predicted molar refractivity (Wildman–Crippen MR) is 74.4 cm³/mol. The molecule has 0 aliphatic carbocycles. The van der Waals surface area contributed by atoms with Crippen LogP contribution in [0.15, 0.2) is 12.1 Å². The summed E-state index contributed by atoms with van der Waals surface area (Å²) in [6.07, 6.45) is 0.782. The molecule has 0 fully saturated rings. The number of rotatable bonds is 7. The van der Waals surface area contributed by atoms with Gasteiger partial charge in [-0.25, -0.2) is 4.79 Å². The van der Waals surface area contributed by atoms with Gasteiger partial charge in [0, 0.05) is 24.1 Å². The summed E-state index contributed by atoms with van der Waals surface area (Å²) in [6.45, 7) is 3.61. The third-order valence-electron chi connectivity index (χ3n) is 3.02. The molecule has 0 amide bonds. The molecule has 1 aromatic carbocycles. The first-order chi connectivity index (χ1) is 9.37. The van der Waals surface area contributed by atoms with Crippen molar-refractivity contribution in [1.29, 1.82) is 0 Å². The van der Waals surface area contributed by atoms with E-state index in [1.165, 1.54) is 14.2 Å². The average molecular weight is 283 g/mol. The van der Waals surface area contributed by atoms with Crippen LogP contribution in [0.4, 0.5) is 0 Å². The van der Waals surface area contributed by atoms with Gasteiger partial charge < -0.3 is 19.3 Å². The summed E-state index contributed by atoms with van der Waals surface area (Å²) >= 11 is 0. The third-order valence-corrected chi connectivity index (χ3v) is 3.02. The Kier molecular flexibility index (Phi) is 5.21.